The molecule has 6 nitrogen and oxygen atoms in total. The summed E-state index contributed by atoms with van der Waals surface area (Å²) in [4.78, 5) is 27.6. The Morgan fingerprint density at radius 3 is 2.88 bits per heavy atom. The van der Waals surface area contributed by atoms with Crippen molar-refractivity contribution in [3.8, 4) is 0 Å². The molecule has 0 aliphatic rings. The number of methoxy groups -OCH3 is 1. The van der Waals surface area contributed by atoms with Gasteiger partial charge in [-0.3, -0.25) is 9.59 Å². The Hall–Kier alpha value is -1.66. The molecule has 0 unspecified atom stereocenters. The van der Waals surface area contributed by atoms with Gasteiger partial charge in [-0.25, -0.2) is 0 Å². The second-order valence-electron chi connectivity index (χ2n) is 3.43. The van der Waals surface area contributed by atoms with Crippen LogP contribution in [0.15, 0.2) is 23.3 Å². The molecule has 0 aliphatic carbocycles. The van der Waals surface area contributed by atoms with Crippen LogP contribution in [0.5, 0.6) is 0 Å². The summed E-state index contributed by atoms with van der Waals surface area (Å²) >= 11 is 0. The number of amides is 1. The second-order valence-corrected chi connectivity index (χ2v) is 3.43. The quantitative estimate of drug-likeness (QED) is 0.699. The molecule has 94 valence electrons. The lowest BCUT2D eigenvalue weighted by Gasteiger charge is -2.20. The van der Waals surface area contributed by atoms with Gasteiger partial charge in [0, 0.05) is 38.7 Å². The molecule has 0 radical (unpaired) electrons. The van der Waals surface area contributed by atoms with Crippen molar-refractivity contribution in [2.45, 2.75) is 0 Å². The van der Waals surface area contributed by atoms with Gasteiger partial charge in [-0.1, -0.05) is 0 Å². The number of carbonyl (C=O) groups excluding carboxylic acids is 1. The van der Waals surface area contributed by atoms with E-state index in [4.69, 9.17) is 9.84 Å². The van der Waals surface area contributed by atoms with Gasteiger partial charge in [0.15, 0.2) is 5.43 Å². The molecule has 0 aromatic carbocycles. The summed E-state index contributed by atoms with van der Waals surface area (Å²) in [6, 6.07) is 1.29. The van der Waals surface area contributed by atoms with E-state index < -0.39 is 5.91 Å². The Bertz CT molecular complexity index is 416. The van der Waals surface area contributed by atoms with Gasteiger partial charge in [0.25, 0.3) is 5.91 Å². The van der Waals surface area contributed by atoms with Crippen molar-refractivity contribution >= 4 is 5.91 Å². The molecule has 1 rings (SSSR count). The van der Waals surface area contributed by atoms with E-state index in [9.17, 15) is 9.59 Å². The monoisotopic (exact) mass is 240 g/mol. The molecule has 0 fully saturated rings. The van der Waals surface area contributed by atoms with Crippen LogP contribution in [-0.2, 0) is 4.74 Å². The number of aliphatic hydroxyl groups excluding tert-OH is 1. The van der Waals surface area contributed by atoms with Crippen molar-refractivity contribution in [3.63, 3.8) is 0 Å². The molecule has 0 aliphatic heterocycles. The lowest BCUT2D eigenvalue weighted by atomic mass is 10.2. The van der Waals surface area contributed by atoms with Crippen molar-refractivity contribution in [1.29, 1.82) is 0 Å². The number of aromatic nitrogens is 1. The highest BCUT2D eigenvalue weighted by Crippen LogP contribution is 1.98. The number of ether oxygens (including phenoxy) is 1. The van der Waals surface area contributed by atoms with Crippen LogP contribution in [-0.4, -0.2) is 54.3 Å². The predicted octanol–water partition coefficient (Wildman–Crippen LogP) is -0.544. The summed E-state index contributed by atoms with van der Waals surface area (Å²) in [7, 11) is 1.52. The summed E-state index contributed by atoms with van der Waals surface area (Å²) in [6.45, 7) is 0.720. The number of nitrogens with one attached hydrogen (secondary N) is 1. The van der Waals surface area contributed by atoms with Crippen molar-refractivity contribution in [3.05, 3.63) is 34.2 Å². The minimum absolute atomic E-state index is 0.0667. The molecule has 1 aromatic heterocycles. The van der Waals surface area contributed by atoms with Gasteiger partial charge >= 0.3 is 0 Å². The average molecular weight is 240 g/mol. The van der Waals surface area contributed by atoms with Crippen molar-refractivity contribution in [2.24, 2.45) is 0 Å². The van der Waals surface area contributed by atoms with Crippen LogP contribution < -0.4 is 5.43 Å². The van der Waals surface area contributed by atoms with Crippen LogP contribution in [0.1, 0.15) is 10.4 Å². The number of pyridine rings is 1. The lowest BCUT2D eigenvalue weighted by Crippen LogP contribution is -2.38. The number of carbonyl (C=O) groups is 1. The van der Waals surface area contributed by atoms with Gasteiger partial charge in [0.1, 0.15) is 5.56 Å². The number of hydrogen-bond acceptors (Lipinski definition) is 4. The Morgan fingerprint density at radius 1 is 1.53 bits per heavy atom. The Kier molecular flexibility index (Phi) is 5.38. The second kappa shape index (κ2) is 6.82. The van der Waals surface area contributed by atoms with E-state index >= 15 is 0 Å². The Balaban J connectivity index is 2.84. The molecular weight excluding hydrogens is 224 g/mol. The summed E-state index contributed by atoms with van der Waals surface area (Å²) in [5.41, 5.74) is -0.272. The smallest absolute Gasteiger partial charge is 0.259 e. The van der Waals surface area contributed by atoms with Crippen molar-refractivity contribution < 1.29 is 14.6 Å². The van der Waals surface area contributed by atoms with Gasteiger partial charge in [-0.05, 0) is 0 Å². The van der Waals surface area contributed by atoms with E-state index in [1.807, 2.05) is 0 Å². The summed E-state index contributed by atoms with van der Waals surface area (Å²) < 4.78 is 4.87. The third-order valence-electron chi connectivity index (χ3n) is 2.28. The molecule has 2 N–H and O–H groups in total. The molecule has 1 amide bonds. The number of hydrogen-bond donors (Lipinski definition) is 2. The maximum atomic E-state index is 12.0. The summed E-state index contributed by atoms with van der Waals surface area (Å²) in [5.74, 6) is -0.405. The van der Waals surface area contributed by atoms with Gasteiger partial charge in [-0.15, -0.1) is 0 Å². The molecular formula is C11H16N2O4. The van der Waals surface area contributed by atoms with E-state index in [-0.39, 0.29) is 24.1 Å². The fourth-order valence-electron chi connectivity index (χ4n) is 1.39. The number of H-pyrrole nitrogens is 1. The maximum Gasteiger partial charge on any atom is 0.259 e. The van der Waals surface area contributed by atoms with Crippen LogP contribution in [0.4, 0.5) is 0 Å². The largest absolute Gasteiger partial charge is 0.395 e. The molecule has 0 saturated heterocycles. The molecule has 0 atom stereocenters. The third-order valence-corrected chi connectivity index (χ3v) is 2.28. The van der Waals surface area contributed by atoms with Crippen LogP contribution >= 0.6 is 0 Å². The molecule has 1 aromatic rings. The van der Waals surface area contributed by atoms with Gasteiger partial charge < -0.3 is 19.7 Å². The molecule has 17 heavy (non-hydrogen) atoms. The number of rotatable bonds is 6. The first kappa shape index (κ1) is 13.4. The highest BCUT2D eigenvalue weighted by atomic mass is 16.5. The highest BCUT2D eigenvalue weighted by Gasteiger charge is 2.17. The molecule has 0 saturated carbocycles. The third kappa shape index (κ3) is 3.69. The van der Waals surface area contributed by atoms with Gasteiger partial charge in [-0.2, -0.15) is 0 Å². The van der Waals surface area contributed by atoms with Crippen LogP contribution in [0, 0.1) is 0 Å². The summed E-state index contributed by atoms with van der Waals surface area (Å²) in [5, 5.41) is 8.88. The average Bonchev–Trinajstić information content (AvgIpc) is 2.34. The fourth-order valence-corrected chi connectivity index (χ4v) is 1.39. The topological polar surface area (TPSA) is 82.6 Å². The number of nitrogens with zero attached hydrogens (tertiary/aromatic N) is 1. The Morgan fingerprint density at radius 2 is 2.29 bits per heavy atom. The first-order valence-corrected chi connectivity index (χ1v) is 5.27. The van der Waals surface area contributed by atoms with Gasteiger partial charge in [0.2, 0.25) is 0 Å². The Labute approximate surface area is 98.8 Å². The van der Waals surface area contributed by atoms with Gasteiger partial charge in [0.05, 0.1) is 13.2 Å². The molecule has 0 spiro atoms. The number of aliphatic hydroxyl groups is 1. The standard InChI is InChI=1S/C11H16N2O4/c1-17-7-5-13(4-6-14)11(16)9-8-12-3-2-10(9)15/h2-3,8,14H,4-7H2,1H3,(H,12,15). The summed E-state index contributed by atoms with van der Waals surface area (Å²) in [6.07, 6.45) is 2.83. The highest BCUT2D eigenvalue weighted by molar-refractivity contribution is 5.93. The molecule has 6 heteroatoms. The van der Waals surface area contributed by atoms with E-state index in [1.54, 1.807) is 0 Å². The van der Waals surface area contributed by atoms with E-state index in [1.165, 1.54) is 30.5 Å². The normalized spacial score (nSPS) is 10.2. The first-order chi connectivity index (χ1) is 8.20. The van der Waals surface area contributed by atoms with Crippen LogP contribution in [0.2, 0.25) is 0 Å². The maximum absolute atomic E-state index is 12.0. The molecule has 1 heterocycles. The first-order valence-electron chi connectivity index (χ1n) is 5.27. The molecule has 0 bridgehead atoms. The van der Waals surface area contributed by atoms with E-state index in [0.717, 1.165) is 0 Å². The fraction of sp³-hybridized carbons (Fsp3) is 0.455. The van der Waals surface area contributed by atoms with E-state index in [2.05, 4.69) is 4.98 Å². The minimum Gasteiger partial charge on any atom is -0.395 e. The SMILES string of the molecule is COCCN(CCO)C(=O)c1c[nH]ccc1=O. The number of aromatic amines is 1. The van der Waals surface area contributed by atoms with E-state index in [0.29, 0.717) is 13.2 Å². The zero-order valence-corrected chi connectivity index (χ0v) is 9.68. The van der Waals surface area contributed by atoms with Crippen LogP contribution in [0.25, 0.3) is 0 Å². The van der Waals surface area contributed by atoms with Crippen LogP contribution in [0.3, 0.4) is 0 Å². The lowest BCUT2D eigenvalue weighted by molar-refractivity contribution is 0.0655. The van der Waals surface area contributed by atoms with Crippen molar-refractivity contribution in [2.75, 3.05) is 33.4 Å². The predicted molar refractivity (Wildman–Crippen MR) is 61.9 cm³/mol. The minimum atomic E-state index is -0.405. The van der Waals surface area contributed by atoms with Crippen molar-refractivity contribution in [1.82, 2.24) is 9.88 Å². The zero-order valence-electron chi connectivity index (χ0n) is 9.68. The zero-order chi connectivity index (χ0) is 12.7.